The van der Waals surface area contributed by atoms with Gasteiger partial charge in [-0.3, -0.25) is 9.59 Å². The quantitative estimate of drug-likeness (QED) is 0.819. The number of anilines is 1. The topological polar surface area (TPSA) is 76.0 Å². The molecule has 1 aromatic heterocycles. The minimum absolute atomic E-state index is 0.0636. The summed E-state index contributed by atoms with van der Waals surface area (Å²) in [5.41, 5.74) is -0.121. The predicted molar refractivity (Wildman–Crippen MR) is 68.5 cm³/mol. The van der Waals surface area contributed by atoms with E-state index in [2.05, 4.69) is 15.6 Å². The first-order valence-electron chi connectivity index (χ1n) is 6.18. The molecule has 0 bridgehead atoms. The maximum atomic E-state index is 12.1. The molecule has 2 N–H and O–H groups in total. The van der Waals surface area contributed by atoms with Crippen molar-refractivity contribution in [3.8, 4) is 0 Å². The maximum absolute atomic E-state index is 12.1. The molecule has 0 aliphatic carbocycles. The molecular weight excluding hydrogens is 232 g/mol. The minimum Gasteiger partial charge on any atom is -0.361 e. The maximum Gasteiger partial charge on any atom is 0.293 e. The van der Waals surface area contributed by atoms with Gasteiger partial charge in [0.25, 0.3) is 5.56 Å². The SMILES string of the molecule is CC(C)n1ccnc(NC2CCC(=O)NC2)c1=O. The molecule has 18 heavy (non-hydrogen) atoms. The van der Waals surface area contributed by atoms with Gasteiger partial charge in [-0.25, -0.2) is 4.98 Å². The summed E-state index contributed by atoms with van der Waals surface area (Å²) >= 11 is 0. The molecule has 1 amide bonds. The summed E-state index contributed by atoms with van der Waals surface area (Å²) in [5.74, 6) is 0.418. The normalized spacial score (nSPS) is 19.7. The fourth-order valence-electron chi connectivity index (χ4n) is 1.98. The molecule has 2 rings (SSSR count). The molecule has 1 atom stereocenters. The van der Waals surface area contributed by atoms with E-state index in [0.717, 1.165) is 6.42 Å². The molecule has 1 fully saturated rings. The van der Waals surface area contributed by atoms with Crippen molar-refractivity contribution >= 4 is 11.7 Å². The summed E-state index contributed by atoms with van der Waals surface area (Å²) in [6.07, 6.45) is 4.51. The lowest BCUT2D eigenvalue weighted by molar-refractivity contribution is -0.122. The van der Waals surface area contributed by atoms with Crippen LogP contribution in [0.3, 0.4) is 0 Å². The van der Waals surface area contributed by atoms with E-state index in [1.54, 1.807) is 17.0 Å². The Hall–Kier alpha value is -1.85. The summed E-state index contributed by atoms with van der Waals surface area (Å²) in [4.78, 5) is 27.2. The number of amides is 1. The lowest BCUT2D eigenvalue weighted by Crippen LogP contribution is -2.43. The molecule has 0 saturated carbocycles. The van der Waals surface area contributed by atoms with Gasteiger partial charge in [0, 0.05) is 37.4 Å². The van der Waals surface area contributed by atoms with E-state index in [1.807, 2.05) is 13.8 Å². The van der Waals surface area contributed by atoms with Gasteiger partial charge in [-0.05, 0) is 20.3 Å². The molecule has 1 saturated heterocycles. The van der Waals surface area contributed by atoms with Gasteiger partial charge in [0.1, 0.15) is 0 Å². The number of piperidine rings is 1. The average Bonchev–Trinajstić information content (AvgIpc) is 2.34. The first-order chi connectivity index (χ1) is 8.58. The van der Waals surface area contributed by atoms with Crippen molar-refractivity contribution < 1.29 is 4.79 Å². The van der Waals surface area contributed by atoms with Gasteiger partial charge in [0.2, 0.25) is 5.91 Å². The molecule has 6 heteroatoms. The molecule has 2 heterocycles. The number of hydrogen-bond acceptors (Lipinski definition) is 4. The van der Waals surface area contributed by atoms with Crippen LogP contribution in [0.5, 0.6) is 0 Å². The second kappa shape index (κ2) is 5.20. The Balaban J connectivity index is 2.12. The standard InChI is InChI=1S/C12H18N4O2/c1-8(2)16-6-5-13-11(12(16)18)15-9-3-4-10(17)14-7-9/h5-6,8-9H,3-4,7H2,1-2H3,(H,13,15)(H,14,17). The summed E-state index contributed by atoms with van der Waals surface area (Å²) in [6.45, 7) is 4.44. The molecule has 98 valence electrons. The molecule has 1 aliphatic heterocycles. The van der Waals surface area contributed by atoms with Crippen molar-refractivity contribution in [2.24, 2.45) is 0 Å². The molecule has 1 aliphatic rings. The third-order valence-corrected chi connectivity index (χ3v) is 3.03. The Labute approximate surface area is 105 Å². The van der Waals surface area contributed by atoms with Gasteiger partial charge < -0.3 is 15.2 Å². The van der Waals surface area contributed by atoms with Crippen LogP contribution >= 0.6 is 0 Å². The Morgan fingerprint density at radius 3 is 2.89 bits per heavy atom. The highest BCUT2D eigenvalue weighted by Crippen LogP contribution is 2.08. The second-order valence-electron chi connectivity index (χ2n) is 4.77. The Morgan fingerprint density at radius 2 is 2.28 bits per heavy atom. The molecular formula is C12H18N4O2. The summed E-state index contributed by atoms with van der Waals surface area (Å²) in [5, 5.41) is 5.88. The lowest BCUT2D eigenvalue weighted by atomic mass is 10.1. The average molecular weight is 250 g/mol. The highest BCUT2D eigenvalue weighted by molar-refractivity contribution is 5.76. The van der Waals surface area contributed by atoms with Gasteiger partial charge >= 0.3 is 0 Å². The van der Waals surface area contributed by atoms with Crippen molar-refractivity contribution in [3.63, 3.8) is 0 Å². The van der Waals surface area contributed by atoms with Crippen molar-refractivity contribution in [2.75, 3.05) is 11.9 Å². The van der Waals surface area contributed by atoms with Crippen molar-refractivity contribution in [1.29, 1.82) is 0 Å². The summed E-state index contributed by atoms with van der Waals surface area (Å²) < 4.78 is 1.64. The van der Waals surface area contributed by atoms with Crippen LogP contribution in [0.1, 0.15) is 32.7 Å². The summed E-state index contributed by atoms with van der Waals surface area (Å²) in [7, 11) is 0. The van der Waals surface area contributed by atoms with Crippen LogP contribution in [0.2, 0.25) is 0 Å². The smallest absolute Gasteiger partial charge is 0.293 e. The fraction of sp³-hybridized carbons (Fsp3) is 0.583. The first-order valence-corrected chi connectivity index (χ1v) is 6.18. The van der Waals surface area contributed by atoms with Gasteiger partial charge in [-0.15, -0.1) is 0 Å². The molecule has 6 nitrogen and oxygen atoms in total. The predicted octanol–water partition coefficient (Wildman–Crippen LogP) is 0.515. The van der Waals surface area contributed by atoms with E-state index in [4.69, 9.17) is 0 Å². The molecule has 0 aromatic carbocycles. The third-order valence-electron chi connectivity index (χ3n) is 3.03. The van der Waals surface area contributed by atoms with E-state index in [1.165, 1.54) is 0 Å². The Kier molecular flexibility index (Phi) is 3.64. The van der Waals surface area contributed by atoms with Crippen LogP contribution in [0, 0.1) is 0 Å². The van der Waals surface area contributed by atoms with Crippen molar-refractivity contribution in [3.05, 3.63) is 22.7 Å². The van der Waals surface area contributed by atoms with Crippen LogP contribution in [-0.4, -0.2) is 28.0 Å². The summed E-state index contributed by atoms with van der Waals surface area (Å²) in [6, 6.07) is 0.179. The molecule has 0 radical (unpaired) electrons. The number of aromatic nitrogens is 2. The second-order valence-corrected chi connectivity index (χ2v) is 4.77. The van der Waals surface area contributed by atoms with E-state index in [0.29, 0.717) is 18.8 Å². The lowest BCUT2D eigenvalue weighted by Gasteiger charge is -2.24. The largest absolute Gasteiger partial charge is 0.361 e. The van der Waals surface area contributed by atoms with Crippen LogP contribution < -0.4 is 16.2 Å². The first kappa shape index (κ1) is 12.6. The number of nitrogens with one attached hydrogen (secondary N) is 2. The zero-order valence-electron chi connectivity index (χ0n) is 10.6. The van der Waals surface area contributed by atoms with Gasteiger partial charge in [-0.1, -0.05) is 0 Å². The van der Waals surface area contributed by atoms with Crippen LogP contribution in [-0.2, 0) is 4.79 Å². The highest BCUT2D eigenvalue weighted by atomic mass is 16.1. The number of hydrogen-bond donors (Lipinski definition) is 2. The van der Waals surface area contributed by atoms with E-state index in [9.17, 15) is 9.59 Å². The van der Waals surface area contributed by atoms with Gasteiger partial charge in [-0.2, -0.15) is 0 Å². The number of carbonyl (C=O) groups is 1. The van der Waals surface area contributed by atoms with Crippen LogP contribution in [0.25, 0.3) is 0 Å². The fourth-order valence-corrected chi connectivity index (χ4v) is 1.98. The molecule has 1 aromatic rings. The number of carbonyl (C=O) groups excluding carboxylic acids is 1. The van der Waals surface area contributed by atoms with Crippen molar-refractivity contribution in [2.45, 2.75) is 38.8 Å². The minimum atomic E-state index is -0.121. The number of nitrogens with zero attached hydrogens (tertiary/aromatic N) is 2. The molecule has 0 spiro atoms. The van der Waals surface area contributed by atoms with Crippen LogP contribution in [0.15, 0.2) is 17.2 Å². The Morgan fingerprint density at radius 1 is 1.50 bits per heavy atom. The monoisotopic (exact) mass is 250 g/mol. The zero-order valence-corrected chi connectivity index (χ0v) is 10.6. The van der Waals surface area contributed by atoms with Crippen LogP contribution in [0.4, 0.5) is 5.82 Å². The van der Waals surface area contributed by atoms with Crippen molar-refractivity contribution in [1.82, 2.24) is 14.9 Å². The zero-order chi connectivity index (χ0) is 13.1. The van der Waals surface area contributed by atoms with Gasteiger partial charge in [0.15, 0.2) is 5.82 Å². The van der Waals surface area contributed by atoms with E-state index >= 15 is 0 Å². The van der Waals surface area contributed by atoms with E-state index < -0.39 is 0 Å². The number of rotatable bonds is 3. The molecule has 1 unspecified atom stereocenters. The van der Waals surface area contributed by atoms with Gasteiger partial charge in [0.05, 0.1) is 0 Å². The third kappa shape index (κ3) is 2.69. The van der Waals surface area contributed by atoms with E-state index in [-0.39, 0.29) is 23.6 Å². The highest BCUT2D eigenvalue weighted by Gasteiger charge is 2.19. The Bertz CT molecular complexity index is 485.